The molecule has 22 heavy (non-hydrogen) atoms. The number of rotatable bonds is 3. The second-order valence-corrected chi connectivity index (χ2v) is 5.34. The average molecular weight is 319 g/mol. The molecule has 3 aromatic rings. The van der Waals surface area contributed by atoms with Gasteiger partial charge in [0.05, 0.1) is 0 Å². The summed E-state index contributed by atoms with van der Waals surface area (Å²) in [5.41, 5.74) is 1.96. The number of esters is 1. The molecule has 1 heterocycles. The van der Waals surface area contributed by atoms with Crippen LogP contribution in [-0.4, -0.2) is 5.97 Å². The standard InChI is InChI=1S/C17H12ClFO3/c1-10-14-8-12(18)4-7-15(14)22-16(10)17(20)21-9-11-2-5-13(19)6-3-11/h2-8H,9H2,1H3. The van der Waals surface area contributed by atoms with Gasteiger partial charge < -0.3 is 9.15 Å². The van der Waals surface area contributed by atoms with Crippen molar-refractivity contribution < 1.29 is 18.3 Å². The maximum absolute atomic E-state index is 12.8. The van der Waals surface area contributed by atoms with Crippen LogP contribution in [0.3, 0.4) is 0 Å². The number of carbonyl (C=O) groups is 1. The maximum Gasteiger partial charge on any atom is 0.374 e. The lowest BCUT2D eigenvalue weighted by Gasteiger charge is -2.03. The molecule has 0 saturated carbocycles. The van der Waals surface area contributed by atoms with E-state index in [0.717, 1.165) is 5.39 Å². The molecule has 1 aromatic heterocycles. The summed E-state index contributed by atoms with van der Waals surface area (Å²) in [5, 5.41) is 1.35. The summed E-state index contributed by atoms with van der Waals surface area (Å²) in [6.07, 6.45) is 0. The number of halogens is 2. The quantitative estimate of drug-likeness (QED) is 0.645. The zero-order valence-corrected chi connectivity index (χ0v) is 12.5. The third-order valence-corrected chi connectivity index (χ3v) is 3.60. The minimum absolute atomic E-state index is 0.0519. The molecule has 0 aliphatic heterocycles. The van der Waals surface area contributed by atoms with E-state index in [1.807, 2.05) is 0 Å². The fourth-order valence-electron chi connectivity index (χ4n) is 2.18. The van der Waals surface area contributed by atoms with Crippen molar-refractivity contribution in [3.63, 3.8) is 0 Å². The number of ether oxygens (including phenoxy) is 1. The molecule has 0 atom stereocenters. The first-order chi connectivity index (χ1) is 10.5. The number of fused-ring (bicyclic) bond motifs is 1. The number of aryl methyl sites for hydroxylation is 1. The van der Waals surface area contributed by atoms with Crippen LogP contribution >= 0.6 is 11.6 Å². The van der Waals surface area contributed by atoms with Gasteiger partial charge in [-0.1, -0.05) is 23.7 Å². The lowest BCUT2D eigenvalue weighted by molar-refractivity contribution is 0.0437. The first-order valence-electron chi connectivity index (χ1n) is 6.65. The minimum atomic E-state index is -0.561. The van der Waals surface area contributed by atoms with Crippen molar-refractivity contribution in [1.29, 1.82) is 0 Å². The largest absolute Gasteiger partial charge is 0.455 e. The Labute approximate surface area is 131 Å². The van der Waals surface area contributed by atoms with Gasteiger partial charge in [0.2, 0.25) is 5.76 Å². The molecule has 112 valence electrons. The van der Waals surface area contributed by atoms with Crippen LogP contribution in [0, 0.1) is 12.7 Å². The van der Waals surface area contributed by atoms with E-state index in [2.05, 4.69) is 0 Å². The van der Waals surface area contributed by atoms with Gasteiger partial charge in [-0.05, 0) is 42.8 Å². The fraction of sp³-hybridized carbons (Fsp3) is 0.118. The number of hydrogen-bond acceptors (Lipinski definition) is 3. The minimum Gasteiger partial charge on any atom is -0.455 e. The van der Waals surface area contributed by atoms with Gasteiger partial charge in [0.1, 0.15) is 18.0 Å². The molecule has 5 heteroatoms. The van der Waals surface area contributed by atoms with E-state index in [1.54, 1.807) is 37.3 Å². The van der Waals surface area contributed by atoms with Crippen molar-refractivity contribution in [1.82, 2.24) is 0 Å². The summed E-state index contributed by atoms with van der Waals surface area (Å²) in [5.74, 6) is -0.742. The topological polar surface area (TPSA) is 39.4 Å². The van der Waals surface area contributed by atoms with Crippen molar-refractivity contribution in [3.05, 3.63) is 70.2 Å². The van der Waals surface area contributed by atoms with Crippen LogP contribution in [-0.2, 0) is 11.3 Å². The van der Waals surface area contributed by atoms with Gasteiger partial charge in [0, 0.05) is 16.0 Å². The second-order valence-electron chi connectivity index (χ2n) is 4.90. The highest BCUT2D eigenvalue weighted by Crippen LogP contribution is 2.28. The first kappa shape index (κ1) is 14.6. The van der Waals surface area contributed by atoms with Crippen LogP contribution in [0.5, 0.6) is 0 Å². The summed E-state index contributed by atoms with van der Waals surface area (Å²) >= 11 is 5.94. The molecular formula is C17H12ClFO3. The molecule has 0 bridgehead atoms. The van der Waals surface area contributed by atoms with Crippen molar-refractivity contribution in [2.24, 2.45) is 0 Å². The Kier molecular flexibility index (Phi) is 3.86. The normalized spacial score (nSPS) is 10.9. The Morgan fingerprint density at radius 2 is 1.95 bits per heavy atom. The Hall–Kier alpha value is -2.33. The number of furan rings is 1. The van der Waals surface area contributed by atoms with E-state index in [1.165, 1.54) is 12.1 Å². The van der Waals surface area contributed by atoms with Gasteiger partial charge in [0.15, 0.2) is 0 Å². The van der Waals surface area contributed by atoms with Crippen LogP contribution in [0.1, 0.15) is 21.7 Å². The van der Waals surface area contributed by atoms with Crippen molar-refractivity contribution in [2.45, 2.75) is 13.5 Å². The van der Waals surface area contributed by atoms with Gasteiger partial charge in [-0.15, -0.1) is 0 Å². The SMILES string of the molecule is Cc1c(C(=O)OCc2ccc(F)cc2)oc2ccc(Cl)cc12. The molecule has 0 aliphatic carbocycles. The van der Waals surface area contributed by atoms with E-state index >= 15 is 0 Å². The maximum atomic E-state index is 12.8. The number of hydrogen-bond donors (Lipinski definition) is 0. The van der Waals surface area contributed by atoms with Crippen molar-refractivity contribution >= 4 is 28.5 Å². The molecule has 0 unspecified atom stereocenters. The van der Waals surface area contributed by atoms with Crippen molar-refractivity contribution in [3.8, 4) is 0 Å². The van der Waals surface area contributed by atoms with Crippen LogP contribution in [0.25, 0.3) is 11.0 Å². The summed E-state index contributed by atoms with van der Waals surface area (Å²) in [6.45, 7) is 1.83. The van der Waals surface area contributed by atoms with E-state index in [9.17, 15) is 9.18 Å². The highest BCUT2D eigenvalue weighted by molar-refractivity contribution is 6.31. The second kappa shape index (κ2) is 5.81. The van der Waals surface area contributed by atoms with Crippen LogP contribution in [0.4, 0.5) is 4.39 Å². The lowest BCUT2D eigenvalue weighted by Crippen LogP contribution is -2.05. The molecule has 3 nitrogen and oxygen atoms in total. The van der Waals surface area contributed by atoms with Gasteiger partial charge in [-0.3, -0.25) is 0 Å². The number of carbonyl (C=O) groups excluding carboxylic acids is 1. The van der Waals surface area contributed by atoms with E-state index in [4.69, 9.17) is 20.8 Å². The Morgan fingerprint density at radius 3 is 2.68 bits per heavy atom. The van der Waals surface area contributed by atoms with E-state index < -0.39 is 5.97 Å². The predicted molar refractivity (Wildman–Crippen MR) is 81.5 cm³/mol. The van der Waals surface area contributed by atoms with Crippen LogP contribution in [0.15, 0.2) is 46.9 Å². The molecule has 0 amide bonds. The zero-order chi connectivity index (χ0) is 15.7. The molecule has 0 radical (unpaired) electrons. The third-order valence-electron chi connectivity index (χ3n) is 3.37. The monoisotopic (exact) mass is 318 g/mol. The Bertz CT molecular complexity index is 837. The Balaban J connectivity index is 1.80. The van der Waals surface area contributed by atoms with Gasteiger partial charge in [0.25, 0.3) is 0 Å². The van der Waals surface area contributed by atoms with Gasteiger partial charge >= 0.3 is 5.97 Å². The summed E-state index contributed by atoms with van der Waals surface area (Å²) in [7, 11) is 0. The zero-order valence-electron chi connectivity index (χ0n) is 11.7. The highest BCUT2D eigenvalue weighted by Gasteiger charge is 2.19. The van der Waals surface area contributed by atoms with Crippen molar-refractivity contribution in [2.75, 3.05) is 0 Å². The molecular weight excluding hydrogens is 307 g/mol. The fourth-order valence-corrected chi connectivity index (χ4v) is 2.35. The first-order valence-corrected chi connectivity index (χ1v) is 7.02. The van der Waals surface area contributed by atoms with Gasteiger partial charge in [-0.2, -0.15) is 0 Å². The summed E-state index contributed by atoms with van der Waals surface area (Å²) in [4.78, 5) is 12.1. The summed E-state index contributed by atoms with van der Waals surface area (Å²) < 4.78 is 23.6. The molecule has 2 aromatic carbocycles. The predicted octanol–water partition coefficient (Wildman–Crippen LogP) is 4.89. The third kappa shape index (κ3) is 2.83. The van der Waals surface area contributed by atoms with Crippen LogP contribution in [0.2, 0.25) is 5.02 Å². The number of benzene rings is 2. The molecule has 3 rings (SSSR count). The van der Waals surface area contributed by atoms with E-state index in [0.29, 0.717) is 21.7 Å². The smallest absolute Gasteiger partial charge is 0.374 e. The Morgan fingerprint density at radius 1 is 1.23 bits per heavy atom. The lowest BCUT2D eigenvalue weighted by atomic mass is 10.1. The molecule has 0 N–H and O–H groups in total. The average Bonchev–Trinajstić information content (AvgIpc) is 2.83. The highest BCUT2D eigenvalue weighted by atomic mass is 35.5. The summed E-state index contributed by atoms with van der Waals surface area (Å²) in [6, 6.07) is 10.9. The molecule has 0 fully saturated rings. The molecule has 0 saturated heterocycles. The van der Waals surface area contributed by atoms with Gasteiger partial charge in [-0.25, -0.2) is 9.18 Å². The molecule has 0 spiro atoms. The van der Waals surface area contributed by atoms with E-state index in [-0.39, 0.29) is 18.2 Å². The molecule has 0 aliphatic rings. The van der Waals surface area contributed by atoms with Crippen LogP contribution < -0.4 is 0 Å².